The van der Waals surface area contributed by atoms with Gasteiger partial charge in [-0.15, -0.1) is 0 Å². The zero-order valence-electron chi connectivity index (χ0n) is 23.5. The van der Waals surface area contributed by atoms with Crippen molar-refractivity contribution in [3.8, 4) is 22.5 Å². The first kappa shape index (κ1) is 32.7. The van der Waals surface area contributed by atoms with E-state index in [-0.39, 0.29) is 5.91 Å². The third-order valence-electron chi connectivity index (χ3n) is 6.47. The zero-order valence-corrected chi connectivity index (χ0v) is 23.5. The Kier molecular flexibility index (Phi) is 9.91. The van der Waals surface area contributed by atoms with Crippen LogP contribution in [0, 0.1) is 0 Å². The number of carboxylic acid groups (broad SMARTS) is 1. The van der Waals surface area contributed by atoms with Crippen LogP contribution in [0.15, 0.2) is 79.0 Å². The van der Waals surface area contributed by atoms with Crippen molar-refractivity contribution in [3.05, 3.63) is 95.8 Å². The van der Waals surface area contributed by atoms with Crippen molar-refractivity contribution in [2.75, 3.05) is 13.1 Å². The maximum absolute atomic E-state index is 13.0. The summed E-state index contributed by atoms with van der Waals surface area (Å²) < 4.78 is 72.3. The number of H-pyrrole nitrogens is 1. The Morgan fingerprint density at radius 1 is 0.867 bits per heavy atom. The van der Waals surface area contributed by atoms with Gasteiger partial charge in [0.1, 0.15) is 11.5 Å². The first-order valence-electron chi connectivity index (χ1n) is 13.3. The molecule has 0 saturated heterocycles. The molecule has 2 heterocycles. The van der Waals surface area contributed by atoms with Gasteiger partial charge in [-0.25, -0.2) is 9.78 Å². The molecule has 45 heavy (non-hydrogen) atoms. The van der Waals surface area contributed by atoms with E-state index in [1.165, 1.54) is 10.7 Å². The molecule has 1 amide bonds. The lowest BCUT2D eigenvalue weighted by Gasteiger charge is -2.08. The molecular formula is C30H26F6N6O3. The number of carbonyl (C=O) groups is 2. The van der Waals surface area contributed by atoms with Gasteiger partial charge < -0.3 is 20.7 Å². The Hall–Kier alpha value is -5.18. The number of hydrogen-bond donors (Lipinski definition) is 4. The van der Waals surface area contributed by atoms with Crippen LogP contribution in [-0.4, -0.2) is 56.0 Å². The highest BCUT2D eigenvalue weighted by Gasteiger charge is 2.38. The predicted octanol–water partition coefficient (Wildman–Crippen LogP) is 5.80. The molecule has 0 bridgehead atoms. The van der Waals surface area contributed by atoms with Gasteiger partial charge in [0.15, 0.2) is 0 Å². The van der Waals surface area contributed by atoms with E-state index in [4.69, 9.17) is 9.90 Å². The van der Waals surface area contributed by atoms with Gasteiger partial charge in [-0.3, -0.25) is 9.48 Å². The van der Waals surface area contributed by atoms with Crippen molar-refractivity contribution < 1.29 is 41.0 Å². The number of rotatable bonds is 8. The Bertz CT molecular complexity index is 1760. The van der Waals surface area contributed by atoms with E-state index >= 15 is 0 Å². The van der Waals surface area contributed by atoms with Gasteiger partial charge >= 0.3 is 18.3 Å². The molecule has 4 N–H and O–H groups in total. The quantitative estimate of drug-likeness (QED) is 0.127. The number of halogens is 6. The summed E-state index contributed by atoms with van der Waals surface area (Å²) in [5.41, 5.74) is 4.60. The number of aliphatic carboxylic acids is 1. The number of amides is 1. The smallest absolute Gasteiger partial charge is 0.475 e. The van der Waals surface area contributed by atoms with Gasteiger partial charge in [0.05, 0.1) is 16.6 Å². The second-order valence-corrected chi connectivity index (χ2v) is 9.67. The number of carbonyl (C=O) groups excluding carboxylic acids is 1. The summed E-state index contributed by atoms with van der Waals surface area (Å²) in [6.45, 7) is 1.80. The van der Waals surface area contributed by atoms with Crippen molar-refractivity contribution >= 4 is 22.9 Å². The molecule has 0 saturated carbocycles. The van der Waals surface area contributed by atoms with E-state index in [2.05, 4.69) is 25.7 Å². The molecule has 15 heteroatoms. The fourth-order valence-electron chi connectivity index (χ4n) is 4.14. The van der Waals surface area contributed by atoms with Gasteiger partial charge in [0, 0.05) is 38.4 Å². The van der Waals surface area contributed by atoms with Crippen LogP contribution in [0.1, 0.15) is 21.6 Å². The number of carboxylic acids is 1. The maximum Gasteiger partial charge on any atom is 0.490 e. The number of aryl methyl sites for hydroxylation is 1. The summed E-state index contributed by atoms with van der Waals surface area (Å²) >= 11 is 0. The first-order chi connectivity index (χ1) is 21.2. The lowest BCUT2D eigenvalue weighted by molar-refractivity contribution is -0.192. The van der Waals surface area contributed by atoms with Gasteiger partial charge in [-0.1, -0.05) is 48.5 Å². The van der Waals surface area contributed by atoms with Crippen LogP contribution in [0.2, 0.25) is 0 Å². The highest BCUT2D eigenvalue weighted by atomic mass is 19.4. The Morgan fingerprint density at radius 3 is 2.02 bits per heavy atom. The van der Waals surface area contributed by atoms with E-state index in [1.807, 2.05) is 48.5 Å². The Balaban J connectivity index is 0.000000591. The number of hydrogen-bond acceptors (Lipinski definition) is 5. The summed E-state index contributed by atoms with van der Waals surface area (Å²) in [7, 11) is 1.73. The summed E-state index contributed by atoms with van der Waals surface area (Å²) in [6, 6.07) is 21.0. The van der Waals surface area contributed by atoms with Crippen molar-refractivity contribution in [1.29, 1.82) is 0 Å². The molecule has 5 aromatic rings. The monoisotopic (exact) mass is 632 g/mol. The summed E-state index contributed by atoms with van der Waals surface area (Å²) in [6.07, 6.45) is -7.89. The minimum atomic E-state index is -5.08. The molecule has 0 aliphatic heterocycles. The van der Waals surface area contributed by atoms with Crippen LogP contribution in [0.25, 0.3) is 33.5 Å². The second-order valence-electron chi connectivity index (χ2n) is 9.67. The van der Waals surface area contributed by atoms with Crippen LogP contribution >= 0.6 is 0 Å². The van der Waals surface area contributed by atoms with Crippen molar-refractivity contribution in [3.63, 3.8) is 0 Å². The third kappa shape index (κ3) is 8.69. The molecule has 236 valence electrons. The molecule has 0 atom stereocenters. The molecular weight excluding hydrogens is 606 g/mol. The summed E-state index contributed by atoms with van der Waals surface area (Å²) in [5.74, 6) is -2.39. The molecule has 0 fully saturated rings. The van der Waals surface area contributed by atoms with E-state index in [9.17, 15) is 31.1 Å². The topological polar surface area (TPSA) is 125 Å². The highest BCUT2D eigenvalue weighted by Crippen LogP contribution is 2.32. The number of alkyl halides is 6. The van der Waals surface area contributed by atoms with Crippen LogP contribution in [0.4, 0.5) is 26.3 Å². The number of benzene rings is 3. The predicted molar refractivity (Wildman–Crippen MR) is 153 cm³/mol. The number of aromatic nitrogens is 4. The van der Waals surface area contributed by atoms with Gasteiger partial charge in [-0.2, -0.15) is 31.4 Å². The van der Waals surface area contributed by atoms with Crippen molar-refractivity contribution in [2.45, 2.75) is 18.9 Å². The van der Waals surface area contributed by atoms with Crippen LogP contribution in [0.3, 0.4) is 0 Å². The number of nitrogens with one attached hydrogen (secondary N) is 3. The third-order valence-corrected chi connectivity index (χ3v) is 6.47. The SMILES string of the molecule is Cn1nccc1C(=O)NCCNCc1ccc(-c2ccc(-c3nc4ccc(C(F)(F)F)cc4[nH]3)cc2)cc1.O=C(O)C(F)(F)F. The lowest BCUT2D eigenvalue weighted by atomic mass is 10.0. The highest BCUT2D eigenvalue weighted by molar-refractivity contribution is 5.92. The average Bonchev–Trinajstić information content (AvgIpc) is 3.62. The average molecular weight is 633 g/mol. The molecule has 0 spiro atoms. The van der Waals surface area contributed by atoms with E-state index < -0.39 is 23.9 Å². The van der Waals surface area contributed by atoms with E-state index in [0.29, 0.717) is 42.2 Å². The number of aromatic amines is 1. The van der Waals surface area contributed by atoms with Crippen molar-refractivity contribution in [2.24, 2.45) is 7.05 Å². The molecule has 0 radical (unpaired) electrons. The fourth-order valence-corrected chi connectivity index (χ4v) is 4.14. The van der Waals surface area contributed by atoms with E-state index in [1.54, 1.807) is 19.3 Å². The number of imidazole rings is 1. The molecule has 0 aliphatic rings. The molecule has 5 rings (SSSR count). The number of fused-ring (bicyclic) bond motifs is 1. The molecule has 0 aliphatic carbocycles. The fraction of sp³-hybridized carbons (Fsp3) is 0.200. The molecule has 0 unspecified atom stereocenters. The second kappa shape index (κ2) is 13.6. The van der Waals surface area contributed by atoms with Crippen LogP contribution < -0.4 is 10.6 Å². The number of nitrogens with zero attached hydrogens (tertiary/aromatic N) is 3. The Labute approximate surface area is 251 Å². The first-order valence-corrected chi connectivity index (χ1v) is 13.3. The van der Waals surface area contributed by atoms with Gasteiger partial charge in [0.2, 0.25) is 0 Å². The van der Waals surface area contributed by atoms with Crippen molar-refractivity contribution in [1.82, 2.24) is 30.4 Å². The van der Waals surface area contributed by atoms with Gasteiger partial charge in [-0.05, 0) is 41.0 Å². The van der Waals surface area contributed by atoms with Gasteiger partial charge in [0.25, 0.3) is 5.91 Å². The van der Waals surface area contributed by atoms with E-state index in [0.717, 1.165) is 34.4 Å². The standard InChI is InChI=1S/C28H25F3N6O.C2HF3O2/c1-37-25(12-13-34-37)27(38)33-15-14-32-17-18-2-4-19(5-3-18)20-6-8-21(9-7-20)26-35-23-11-10-22(28(29,30)31)16-24(23)36-26;3-2(4,5)1(6)7/h2-13,16,32H,14-15,17H2,1H3,(H,33,38)(H,35,36);(H,6,7). The molecule has 3 aromatic carbocycles. The molecule has 2 aromatic heterocycles. The minimum Gasteiger partial charge on any atom is -0.475 e. The maximum atomic E-state index is 13.0. The minimum absolute atomic E-state index is 0.155. The lowest BCUT2D eigenvalue weighted by Crippen LogP contribution is -2.32. The largest absolute Gasteiger partial charge is 0.490 e. The zero-order chi connectivity index (χ0) is 32.8. The van der Waals surface area contributed by atoms with Crippen LogP contribution in [0.5, 0.6) is 0 Å². The summed E-state index contributed by atoms with van der Waals surface area (Å²) in [5, 5.41) is 17.3. The normalized spacial score (nSPS) is 11.6. The summed E-state index contributed by atoms with van der Waals surface area (Å²) in [4.78, 5) is 28.4. The van der Waals surface area contributed by atoms with Crippen LogP contribution in [-0.2, 0) is 24.6 Å². The Morgan fingerprint density at radius 2 is 1.47 bits per heavy atom. The molecule has 9 nitrogen and oxygen atoms in total.